The normalized spacial score (nSPS) is 10.2. The van der Waals surface area contributed by atoms with Crippen LogP contribution in [0.1, 0.15) is 0 Å². The number of amides is 1. The largest absolute Gasteiger partial charge is 0.491 e. The Balaban J connectivity index is 1.83. The molecule has 2 aromatic rings. The fourth-order valence-electron chi connectivity index (χ4n) is 1.89. The van der Waals surface area contributed by atoms with E-state index in [-0.39, 0.29) is 12.5 Å². The summed E-state index contributed by atoms with van der Waals surface area (Å²) in [6, 6.07) is 14.4. The fourth-order valence-corrected chi connectivity index (χ4v) is 2.08. The summed E-state index contributed by atoms with van der Waals surface area (Å²) in [6.07, 6.45) is 0. The number of nitrogens with one attached hydrogen (secondary N) is 2. The third-order valence-corrected chi connectivity index (χ3v) is 3.19. The quantitative estimate of drug-likeness (QED) is 0.726. The minimum atomic E-state index is -0.154. The molecule has 0 saturated heterocycles. The fraction of sp³-hybridized carbons (Fsp3) is 0.235. The minimum absolute atomic E-state index is 0.148. The Labute approximate surface area is 140 Å². The van der Waals surface area contributed by atoms with Crippen LogP contribution < -0.4 is 15.4 Å². The van der Waals surface area contributed by atoms with Crippen molar-refractivity contribution >= 4 is 28.9 Å². The monoisotopic (exact) mass is 334 g/mol. The van der Waals surface area contributed by atoms with E-state index in [2.05, 4.69) is 10.6 Å². The topological polar surface area (TPSA) is 59.6 Å². The highest BCUT2D eigenvalue weighted by atomic mass is 35.5. The molecule has 0 aromatic heterocycles. The SMILES string of the molecule is COCCOc1cccc(NC(=O)CNc2cccc(Cl)c2)c1. The van der Waals surface area contributed by atoms with Crippen LogP contribution in [0.2, 0.25) is 5.02 Å². The van der Waals surface area contributed by atoms with Gasteiger partial charge in [-0.05, 0) is 30.3 Å². The first-order valence-electron chi connectivity index (χ1n) is 7.18. The van der Waals surface area contributed by atoms with Crippen LogP contribution in [0, 0.1) is 0 Å². The summed E-state index contributed by atoms with van der Waals surface area (Å²) in [7, 11) is 1.62. The lowest BCUT2D eigenvalue weighted by Crippen LogP contribution is -2.21. The number of carbonyl (C=O) groups excluding carboxylic acids is 1. The molecule has 0 fully saturated rings. The van der Waals surface area contributed by atoms with E-state index in [0.717, 1.165) is 5.69 Å². The van der Waals surface area contributed by atoms with Gasteiger partial charge in [0.1, 0.15) is 12.4 Å². The molecule has 6 heteroatoms. The van der Waals surface area contributed by atoms with Gasteiger partial charge >= 0.3 is 0 Å². The minimum Gasteiger partial charge on any atom is -0.491 e. The van der Waals surface area contributed by atoms with Gasteiger partial charge in [-0.3, -0.25) is 4.79 Å². The second-order valence-electron chi connectivity index (χ2n) is 4.78. The summed E-state index contributed by atoms with van der Waals surface area (Å²) in [5, 5.41) is 6.45. The molecule has 2 N–H and O–H groups in total. The van der Waals surface area contributed by atoms with Crippen molar-refractivity contribution in [1.29, 1.82) is 0 Å². The van der Waals surface area contributed by atoms with Crippen molar-refractivity contribution in [2.45, 2.75) is 0 Å². The summed E-state index contributed by atoms with van der Waals surface area (Å²) < 4.78 is 10.4. The molecular formula is C17H19ClN2O3. The van der Waals surface area contributed by atoms with E-state index >= 15 is 0 Å². The van der Waals surface area contributed by atoms with Gasteiger partial charge < -0.3 is 20.1 Å². The van der Waals surface area contributed by atoms with Gasteiger partial charge in [0.25, 0.3) is 0 Å². The van der Waals surface area contributed by atoms with Gasteiger partial charge in [-0.2, -0.15) is 0 Å². The van der Waals surface area contributed by atoms with Crippen molar-refractivity contribution in [3.8, 4) is 5.75 Å². The molecule has 122 valence electrons. The third-order valence-electron chi connectivity index (χ3n) is 2.95. The Bertz CT molecular complexity index is 649. The molecule has 2 aromatic carbocycles. The number of halogens is 1. The molecule has 2 rings (SSSR count). The van der Waals surface area contributed by atoms with Gasteiger partial charge in [-0.1, -0.05) is 23.7 Å². The summed E-state index contributed by atoms with van der Waals surface area (Å²) in [6.45, 7) is 1.12. The number of hydrogen-bond acceptors (Lipinski definition) is 4. The maximum atomic E-state index is 12.0. The van der Waals surface area contributed by atoms with E-state index < -0.39 is 0 Å². The van der Waals surface area contributed by atoms with Crippen LogP contribution in [0.5, 0.6) is 5.75 Å². The second-order valence-corrected chi connectivity index (χ2v) is 5.22. The molecule has 0 aliphatic heterocycles. The zero-order valence-electron chi connectivity index (χ0n) is 12.8. The predicted molar refractivity (Wildman–Crippen MR) is 92.4 cm³/mol. The maximum absolute atomic E-state index is 12.0. The van der Waals surface area contributed by atoms with Crippen molar-refractivity contribution in [1.82, 2.24) is 0 Å². The van der Waals surface area contributed by atoms with E-state index in [1.807, 2.05) is 24.3 Å². The van der Waals surface area contributed by atoms with Gasteiger partial charge in [0, 0.05) is 29.6 Å². The first kappa shape index (κ1) is 17.1. The number of hydrogen-bond donors (Lipinski definition) is 2. The lowest BCUT2D eigenvalue weighted by molar-refractivity contribution is -0.114. The van der Waals surface area contributed by atoms with Crippen molar-refractivity contribution in [3.05, 3.63) is 53.6 Å². The highest BCUT2D eigenvalue weighted by Gasteiger charge is 2.04. The molecule has 1 amide bonds. The van der Waals surface area contributed by atoms with Crippen molar-refractivity contribution < 1.29 is 14.3 Å². The van der Waals surface area contributed by atoms with Gasteiger partial charge in [0.2, 0.25) is 5.91 Å². The second kappa shape index (κ2) is 9.02. The Hall–Kier alpha value is -2.24. The molecule has 0 heterocycles. The van der Waals surface area contributed by atoms with Gasteiger partial charge in [0.05, 0.1) is 13.2 Å². The summed E-state index contributed by atoms with van der Waals surface area (Å²) in [5.74, 6) is 0.529. The molecule has 0 radical (unpaired) electrons. The molecule has 0 atom stereocenters. The van der Waals surface area contributed by atoms with Crippen LogP contribution in [-0.2, 0) is 9.53 Å². The van der Waals surface area contributed by atoms with Crippen LogP contribution in [0.4, 0.5) is 11.4 Å². The van der Waals surface area contributed by atoms with Crippen LogP contribution in [0.25, 0.3) is 0 Å². The highest BCUT2D eigenvalue weighted by molar-refractivity contribution is 6.30. The average molecular weight is 335 g/mol. The molecular weight excluding hydrogens is 316 g/mol. The first-order valence-corrected chi connectivity index (χ1v) is 7.56. The number of carbonyl (C=O) groups is 1. The smallest absolute Gasteiger partial charge is 0.243 e. The van der Waals surface area contributed by atoms with Crippen LogP contribution >= 0.6 is 11.6 Å². The molecule has 0 bridgehead atoms. The highest BCUT2D eigenvalue weighted by Crippen LogP contribution is 2.18. The summed E-state index contributed by atoms with van der Waals surface area (Å²) in [4.78, 5) is 12.0. The lowest BCUT2D eigenvalue weighted by atomic mass is 10.3. The number of ether oxygens (including phenoxy) is 2. The van der Waals surface area contributed by atoms with E-state index in [9.17, 15) is 4.79 Å². The molecule has 0 aliphatic carbocycles. The molecule has 23 heavy (non-hydrogen) atoms. The van der Waals surface area contributed by atoms with E-state index in [1.54, 1.807) is 31.4 Å². The number of methoxy groups -OCH3 is 1. The zero-order valence-corrected chi connectivity index (χ0v) is 13.6. The Kier molecular flexibility index (Phi) is 6.72. The van der Waals surface area contributed by atoms with E-state index in [4.69, 9.17) is 21.1 Å². The van der Waals surface area contributed by atoms with Crippen molar-refractivity contribution in [2.24, 2.45) is 0 Å². The van der Waals surface area contributed by atoms with Gasteiger partial charge in [0.15, 0.2) is 0 Å². The summed E-state index contributed by atoms with van der Waals surface area (Å²) >= 11 is 5.90. The maximum Gasteiger partial charge on any atom is 0.243 e. The Morgan fingerprint density at radius 1 is 1.09 bits per heavy atom. The van der Waals surface area contributed by atoms with Crippen LogP contribution in [-0.4, -0.2) is 32.8 Å². The molecule has 0 saturated carbocycles. The standard InChI is InChI=1S/C17H19ClN2O3/c1-22-8-9-23-16-7-3-6-15(11-16)20-17(21)12-19-14-5-2-4-13(18)10-14/h2-7,10-11,19H,8-9,12H2,1H3,(H,20,21). The lowest BCUT2D eigenvalue weighted by Gasteiger charge is -2.10. The van der Waals surface area contributed by atoms with Crippen molar-refractivity contribution in [2.75, 3.05) is 37.5 Å². The molecule has 0 unspecified atom stereocenters. The molecule has 0 aliphatic rings. The molecule has 0 spiro atoms. The number of benzene rings is 2. The average Bonchev–Trinajstić information content (AvgIpc) is 2.54. The zero-order chi connectivity index (χ0) is 16.5. The Morgan fingerprint density at radius 3 is 2.65 bits per heavy atom. The van der Waals surface area contributed by atoms with Crippen molar-refractivity contribution in [3.63, 3.8) is 0 Å². The van der Waals surface area contributed by atoms with E-state index in [0.29, 0.717) is 29.7 Å². The predicted octanol–water partition coefficient (Wildman–Crippen LogP) is 3.42. The number of rotatable bonds is 8. The number of anilines is 2. The molecule has 5 nitrogen and oxygen atoms in total. The van der Waals surface area contributed by atoms with Gasteiger partial charge in [-0.25, -0.2) is 0 Å². The summed E-state index contributed by atoms with van der Waals surface area (Å²) in [5.41, 5.74) is 1.47. The first-order chi connectivity index (χ1) is 11.2. The van der Waals surface area contributed by atoms with Crippen LogP contribution in [0.3, 0.4) is 0 Å². The van der Waals surface area contributed by atoms with Gasteiger partial charge in [-0.15, -0.1) is 0 Å². The van der Waals surface area contributed by atoms with E-state index in [1.165, 1.54) is 0 Å². The Morgan fingerprint density at radius 2 is 1.87 bits per heavy atom. The van der Waals surface area contributed by atoms with Crippen LogP contribution in [0.15, 0.2) is 48.5 Å². The third kappa shape index (κ3) is 6.18.